The number of esters is 3. The number of nitrogens with zero attached hydrogens (tertiary/aromatic N) is 3. The first kappa shape index (κ1) is 30.1. The molecule has 1 heterocycles. The molecule has 1 aromatic heterocycles. The molecule has 0 bridgehead atoms. The highest BCUT2D eigenvalue weighted by atomic mass is 16.6. The van der Waals surface area contributed by atoms with Crippen molar-refractivity contribution in [2.45, 2.75) is 58.3 Å². The topological polar surface area (TPSA) is 145 Å². The highest BCUT2D eigenvalue weighted by molar-refractivity contribution is 5.82. The van der Waals surface area contributed by atoms with E-state index in [0.29, 0.717) is 19.3 Å². The predicted molar refractivity (Wildman–Crippen MR) is 127 cm³/mol. The summed E-state index contributed by atoms with van der Waals surface area (Å²) in [4.78, 5) is 46.1. The molecule has 0 aliphatic heterocycles. The SMILES string of the molecule is C=CC(=O)OC(C)CCOc1nc(OCCC(C)OC(=O)C=C)nc(OCCC(C)OC(=O)C=C)n1. The molecular formula is C24H33N3O9. The van der Waals surface area contributed by atoms with Gasteiger partial charge in [-0.1, -0.05) is 19.7 Å². The Morgan fingerprint density at radius 2 is 0.861 bits per heavy atom. The van der Waals surface area contributed by atoms with Crippen LogP contribution in [0.15, 0.2) is 38.0 Å². The van der Waals surface area contributed by atoms with Gasteiger partial charge in [-0.3, -0.25) is 0 Å². The van der Waals surface area contributed by atoms with Crippen LogP contribution in [0.25, 0.3) is 0 Å². The molecule has 36 heavy (non-hydrogen) atoms. The third kappa shape index (κ3) is 13.1. The molecule has 0 aromatic carbocycles. The van der Waals surface area contributed by atoms with Gasteiger partial charge in [0.15, 0.2) is 0 Å². The fraction of sp³-hybridized carbons (Fsp3) is 0.500. The first-order valence-electron chi connectivity index (χ1n) is 11.3. The van der Waals surface area contributed by atoms with Crippen molar-refractivity contribution in [2.24, 2.45) is 0 Å². The van der Waals surface area contributed by atoms with E-state index >= 15 is 0 Å². The molecule has 0 aliphatic carbocycles. The monoisotopic (exact) mass is 507 g/mol. The van der Waals surface area contributed by atoms with Gasteiger partial charge >= 0.3 is 35.9 Å². The second kappa shape index (κ2) is 16.6. The van der Waals surface area contributed by atoms with Gasteiger partial charge in [-0.05, 0) is 20.8 Å². The molecule has 1 aromatic rings. The maximum atomic E-state index is 11.3. The van der Waals surface area contributed by atoms with Crippen LogP contribution in [0.5, 0.6) is 18.0 Å². The molecule has 3 atom stereocenters. The first-order valence-corrected chi connectivity index (χ1v) is 11.3. The van der Waals surface area contributed by atoms with Crippen LogP contribution in [0, 0.1) is 0 Å². The quantitative estimate of drug-likeness (QED) is 0.163. The van der Waals surface area contributed by atoms with E-state index < -0.39 is 36.2 Å². The zero-order valence-electron chi connectivity index (χ0n) is 20.8. The Bertz CT molecular complexity index is 780. The van der Waals surface area contributed by atoms with Gasteiger partial charge in [-0.2, -0.15) is 0 Å². The van der Waals surface area contributed by atoms with Gasteiger partial charge in [0.25, 0.3) is 0 Å². The molecule has 0 radical (unpaired) electrons. The number of aromatic nitrogens is 3. The molecule has 0 fully saturated rings. The lowest BCUT2D eigenvalue weighted by Crippen LogP contribution is -2.18. The molecule has 198 valence electrons. The minimum absolute atomic E-state index is 0.0606. The van der Waals surface area contributed by atoms with E-state index in [9.17, 15) is 14.4 Å². The zero-order chi connectivity index (χ0) is 26.9. The van der Waals surface area contributed by atoms with Crippen LogP contribution < -0.4 is 14.2 Å². The van der Waals surface area contributed by atoms with Crippen molar-refractivity contribution < 1.29 is 42.8 Å². The standard InChI is InChI=1S/C24H33N3O9/c1-7-19(28)34-16(4)10-13-31-22-25-23(32-14-11-17(5)35-20(29)8-2)27-24(26-22)33-15-12-18(6)36-21(30)9-3/h7-9,16-18H,1-3,10-15H2,4-6H3. The summed E-state index contributed by atoms with van der Waals surface area (Å²) in [6, 6.07) is -0.182. The van der Waals surface area contributed by atoms with Crippen LogP contribution in [-0.2, 0) is 28.6 Å². The summed E-state index contributed by atoms with van der Waals surface area (Å²) >= 11 is 0. The minimum atomic E-state index is -0.532. The third-order valence-corrected chi connectivity index (χ3v) is 4.29. The average molecular weight is 508 g/mol. The fourth-order valence-corrected chi connectivity index (χ4v) is 2.38. The lowest BCUT2D eigenvalue weighted by Gasteiger charge is -2.14. The number of carbonyl (C=O) groups excluding carboxylic acids is 3. The van der Waals surface area contributed by atoms with Crippen LogP contribution >= 0.6 is 0 Å². The number of hydrogen-bond acceptors (Lipinski definition) is 12. The van der Waals surface area contributed by atoms with Crippen molar-refractivity contribution in [2.75, 3.05) is 19.8 Å². The average Bonchev–Trinajstić information content (AvgIpc) is 2.83. The van der Waals surface area contributed by atoms with E-state index in [1.54, 1.807) is 20.8 Å². The minimum Gasteiger partial charge on any atom is -0.463 e. The molecule has 12 nitrogen and oxygen atoms in total. The smallest absolute Gasteiger partial charge is 0.330 e. The zero-order valence-corrected chi connectivity index (χ0v) is 20.8. The number of carbonyl (C=O) groups is 3. The molecule has 0 saturated carbocycles. The number of hydrogen-bond donors (Lipinski definition) is 0. The van der Waals surface area contributed by atoms with E-state index in [4.69, 9.17) is 28.4 Å². The summed E-state index contributed by atoms with van der Waals surface area (Å²) in [5.74, 6) is -1.60. The Hall–Kier alpha value is -3.96. The van der Waals surface area contributed by atoms with Gasteiger partial charge in [-0.25, -0.2) is 14.4 Å². The molecule has 0 aliphatic rings. The Morgan fingerprint density at radius 3 is 1.08 bits per heavy atom. The summed E-state index contributed by atoms with van der Waals surface area (Å²) in [5.41, 5.74) is 0. The lowest BCUT2D eigenvalue weighted by atomic mass is 10.3. The third-order valence-electron chi connectivity index (χ3n) is 4.29. The highest BCUT2D eigenvalue weighted by Gasteiger charge is 2.14. The fourth-order valence-electron chi connectivity index (χ4n) is 2.38. The Morgan fingerprint density at radius 1 is 0.611 bits per heavy atom. The van der Waals surface area contributed by atoms with Gasteiger partial charge < -0.3 is 28.4 Å². The van der Waals surface area contributed by atoms with Crippen LogP contribution in [0.4, 0.5) is 0 Å². The van der Waals surface area contributed by atoms with Gasteiger partial charge in [0, 0.05) is 37.5 Å². The molecule has 0 N–H and O–H groups in total. The molecular weight excluding hydrogens is 474 g/mol. The van der Waals surface area contributed by atoms with E-state index in [-0.39, 0.29) is 37.9 Å². The maximum Gasteiger partial charge on any atom is 0.330 e. The molecule has 12 heteroatoms. The molecule has 1 rings (SSSR count). The largest absolute Gasteiger partial charge is 0.463 e. The van der Waals surface area contributed by atoms with Crippen molar-refractivity contribution in [1.82, 2.24) is 15.0 Å². The molecule has 3 unspecified atom stereocenters. The van der Waals surface area contributed by atoms with E-state index in [1.165, 1.54) is 0 Å². The van der Waals surface area contributed by atoms with E-state index in [1.807, 2.05) is 0 Å². The van der Waals surface area contributed by atoms with Crippen LogP contribution in [-0.4, -0.2) is 71.0 Å². The second-order valence-corrected chi connectivity index (χ2v) is 7.45. The summed E-state index contributed by atoms with van der Waals surface area (Å²) in [7, 11) is 0. The van der Waals surface area contributed by atoms with Crippen molar-refractivity contribution in [3.63, 3.8) is 0 Å². The van der Waals surface area contributed by atoms with Gasteiger partial charge in [0.05, 0.1) is 19.8 Å². The van der Waals surface area contributed by atoms with Crippen LogP contribution in [0.2, 0.25) is 0 Å². The Labute approximate surface area is 210 Å². The van der Waals surface area contributed by atoms with Crippen LogP contribution in [0.1, 0.15) is 40.0 Å². The van der Waals surface area contributed by atoms with Gasteiger partial charge in [-0.15, -0.1) is 15.0 Å². The maximum absolute atomic E-state index is 11.3. The van der Waals surface area contributed by atoms with Crippen molar-refractivity contribution in [3.05, 3.63) is 38.0 Å². The molecule has 0 saturated heterocycles. The van der Waals surface area contributed by atoms with Crippen LogP contribution in [0.3, 0.4) is 0 Å². The van der Waals surface area contributed by atoms with Gasteiger partial charge in [0.2, 0.25) is 0 Å². The number of ether oxygens (including phenoxy) is 6. The Kier molecular flexibility index (Phi) is 13.9. The van der Waals surface area contributed by atoms with Crippen molar-refractivity contribution in [1.29, 1.82) is 0 Å². The summed E-state index contributed by atoms with van der Waals surface area (Å²) in [5, 5.41) is 0. The molecule has 0 spiro atoms. The van der Waals surface area contributed by atoms with Crippen molar-refractivity contribution in [3.8, 4) is 18.0 Å². The number of rotatable bonds is 18. The van der Waals surface area contributed by atoms with E-state index in [2.05, 4.69) is 34.7 Å². The predicted octanol–water partition coefficient (Wildman–Crippen LogP) is 2.53. The second-order valence-electron chi connectivity index (χ2n) is 7.45. The summed E-state index contributed by atoms with van der Waals surface area (Å²) in [6.45, 7) is 15.6. The normalized spacial score (nSPS) is 12.8. The highest BCUT2D eigenvalue weighted by Crippen LogP contribution is 2.16. The first-order chi connectivity index (χ1) is 17.2. The van der Waals surface area contributed by atoms with E-state index in [0.717, 1.165) is 18.2 Å². The van der Waals surface area contributed by atoms with Gasteiger partial charge in [0.1, 0.15) is 18.3 Å². The summed E-state index contributed by atoms with van der Waals surface area (Å²) in [6.07, 6.45) is 3.11. The molecule has 0 amide bonds. The van der Waals surface area contributed by atoms with Crippen molar-refractivity contribution >= 4 is 17.9 Å². The summed E-state index contributed by atoms with van der Waals surface area (Å²) < 4.78 is 31.9. The lowest BCUT2D eigenvalue weighted by molar-refractivity contribution is -0.143. The Balaban J connectivity index is 2.75.